The van der Waals surface area contributed by atoms with E-state index in [1.54, 1.807) is 18.3 Å². The Bertz CT molecular complexity index is 970. The fourth-order valence-electron chi connectivity index (χ4n) is 2.91. The molecule has 0 unspecified atom stereocenters. The lowest BCUT2D eigenvalue weighted by Crippen LogP contribution is -2.23. The summed E-state index contributed by atoms with van der Waals surface area (Å²) in [6, 6.07) is 18.7. The molecule has 6 nitrogen and oxygen atoms in total. The number of nitrogens with zero attached hydrogens (tertiary/aromatic N) is 1. The van der Waals surface area contributed by atoms with Gasteiger partial charge < -0.3 is 16.8 Å². The van der Waals surface area contributed by atoms with E-state index < -0.39 is 5.91 Å². The van der Waals surface area contributed by atoms with Crippen molar-refractivity contribution in [1.29, 1.82) is 0 Å². The molecule has 142 valence electrons. The highest BCUT2D eigenvalue weighted by molar-refractivity contribution is 6.00. The number of pyridine rings is 1. The lowest BCUT2D eigenvalue weighted by Gasteiger charge is -2.10. The average Bonchev–Trinajstić information content (AvgIpc) is 2.72. The Balaban J connectivity index is 1.62. The summed E-state index contributed by atoms with van der Waals surface area (Å²) < 4.78 is 0. The van der Waals surface area contributed by atoms with Gasteiger partial charge in [0.05, 0.1) is 0 Å². The number of nitrogen functional groups attached to an aromatic ring is 1. The van der Waals surface area contributed by atoms with Crippen LogP contribution < -0.4 is 16.8 Å². The number of carbonyl (C=O) groups is 2. The molecule has 0 aliphatic rings. The van der Waals surface area contributed by atoms with Gasteiger partial charge in [-0.25, -0.2) is 4.98 Å². The molecule has 28 heavy (non-hydrogen) atoms. The number of nitrogens with one attached hydrogen (secondary N) is 1. The molecule has 2 aromatic carbocycles. The number of amides is 2. The van der Waals surface area contributed by atoms with Gasteiger partial charge in [0.2, 0.25) is 11.8 Å². The van der Waals surface area contributed by atoms with Crippen molar-refractivity contribution in [2.45, 2.75) is 19.4 Å². The number of aryl methyl sites for hydroxylation is 1. The average molecular weight is 374 g/mol. The first-order valence-electron chi connectivity index (χ1n) is 8.98. The zero-order valence-corrected chi connectivity index (χ0v) is 15.4. The summed E-state index contributed by atoms with van der Waals surface area (Å²) in [4.78, 5) is 28.0. The third-order valence-electron chi connectivity index (χ3n) is 4.41. The lowest BCUT2D eigenvalue weighted by atomic mass is 9.95. The van der Waals surface area contributed by atoms with E-state index in [1.165, 1.54) is 0 Å². The van der Waals surface area contributed by atoms with Gasteiger partial charge in [-0.2, -0.15) is 0 Å². The van der Waals surface area contributed by atoms with Crippen molar-refractivity contribution >= 4 is 17.6 Å². The SMILES string of the molecule is NC(=O)c1cc(CCC(=O)NCc2ccc(N)nc2)ccc1-c1ccccc1. The first kappa shape index (κ1) is 19.1. The zero-order valence-electron chi connectivity index (χ0n) is 15.4. The monoisotopic (exact) mass is 374 g/mol. The van der Waals surface area contributed by atoms with Crippen molar-refractivity contribution in [3.8, 4) is 11.1 Å². The molecule has 0 aliphatic heterocycles. The molecule has 0 saturated carbocycles. The maximum Gasteiger partial charge on any atom is 0.249 e. The molecule has 6 heteroatoms. The van der Waals surface area contributed by atoms with Gasteiger partial charge in [-0.3, -0.25) is 9.59 Å². The van der Waals surface area contributed by atoms with E-state index in [4.69, 9.17) is 11.5 Å². The van der Waals surface area contributed by atoms with Gasteiger partial charge in [-0.1, -0.05) is 48.5 Å². The van der Waals surface area contributed by atoms with Crippen molar-refractivity contribution in [3.05, 3.63) is 83.6 Å². The third kappa shape index (κ3) is 4.94. The second kappa shape index (κ2) is 8.81. The van der Waals surface area contributed by atoms with Crippen molar-refractivity contribution in [1.82, 2.24) is 10.3 Å². The van der Waals surface area contributed by atoms with Crippen LogP contribution in [0.3, 0.4) is 0 Å². The van der Waals surface area contributed by atoms with E-state index in [0.717, 1.165) is 22.3 Å². The van der Waals surface area contributed by atoms with Crippen LogP contribution in [0.25, 0.3) is 11.1 Å². The van der Waals surface area contributed by atoms with Gasteiger partial charge in [0.25, 0.3) is 0 Å². The first-order valence-corrected chi connectivity index (χ1v) is 8.98. The minimum atomic E-state index is -0.485. The number of hydrogen-bond donors (Lipinski definition) is 3. The summed E-state index contributed by atoms with van der Waals surface area (Å²) in [7, 11) is 0. The normalized spacial score (nSPS) is 10.4. The lowest BCUT2D eigenvalue weighted by molar-refractivity contribution is -0.121. The Morgan fingerprint density at radius 2 is 1.71 bits per heavy atom. The number of rotatable bonds is 7. The smallest absolute Gasteiger partial charge is 0.249 e. The molecule has 2 amide bonds. The summed E-state index contributed by atoms with van der Waals surface area (Å²) in [5.74, 6) is -0.120. The van der Waals surface area contributed by atoms with E-state index in [9.17, 15) is 9.59 Å². The fraction of sp³-hybridized carbons (Fsp3) is 0.136. The Morgan fingerprint density at radius 1 is 0.964 bits per heavy atom. The van der Waals surface area contributed by atoms with Crippen LogP contribution in [-0.2, 0) is 17.8 Å². The minimum Gasteiger partial charge on any atom is -0.384 e. The van der Waals surface area contributed by atoms with Crippen molar-refractivity contribution < 1.29 is 9.59 Å². The predicted octanol–water partition coefficient (Wildman–Crippen LogP) is 2.68. The molecule has 5 N–H and O–H groups in total. The summed E-state index contributed by atoms with van der Waals surface area (Å²) in [5, 5.41) is 2.85. The molecule has 0 fully saturated rings. The topological polar surface area (TPSA) is 111 Å². The second-order valence-electron chi connectivity index (χ2n) is 6.48. The first-order chi connectivity index (χ1) is 13.5. The summed E-state index contributed by atoms with van der Waals surface area (Å²) in [5.41, 5.74) is 15.1. The van der Waals surface area contributed by atoms with Gasteiger partial charge in [-0.15, -0.1) is 0 Å². The Labute approximate surface area is 163 Å². The molecule has 0 bridgehead atoms. The van der Waals surface area contributed by atoms with Crippen LogP contribution in [0.5, 0.6) is 0 Å². The Kier molecular flexibility index (Phi) is 6.01. The predicted molar refractivity (Wildman–Crippen MR) is 109 cm³/mol. The van der Waals surface area contributed by atoms with Crippen molar-refractivity contribution in [2.75, 3.05) is 5.73 Å². The number of anilines is 1. The molecule has 0 aliphatic carbocycles. The molecule has 3 aromatic rings. The standard InChI is InChI=1S/C22H22N4O2/c23-20-10-7-16(13-25-20)14-26-21(27)11-8-15-6-9-18(19(12-15)22(24)28)17-4-2-1-3-5-17/h1-7,9-10,12-13H,8,11,14H2,(H2,23,25)(H2,24,28)(H,26,27). The zero-order chi connectivity index (χ0) is 19.9. The fourth-order valence-corrected chi connectivity index (χ4v) is 2.91. The van der Waals surface area contributed by atoms with Crippen LogP contribution in [0.15, 0.2) is 66.9 Å². The van der Waals surface area contributed by atoms with Crippen LogP contribution in [0.1, 0.15) is 27.9 Å². The molecule has 1 aromatic heterocycles. The number of benzene rings is 2. The number of hydrogen-bond acceptors (Lipinski definition) is 4. The van der Waals surface area contributed by atoms with E-state index >= 15 is 0 Å². The van der Waals surface area contributed by atoms with Crippen LogP contribution in [-0.4, -0.2) is 16.8 Å². The number of aromatic nitrogens is 1. The molecule has 0 saturated heterocycles. The summed E-state index contributed by atoms with van der Waals surface area (Å²) in [6.07, 6.45) is 2.46. The number of nitrogens with two attached hydrogens (primary N) is 2. The highest BCUT2D eigenvalue weighted by atomic mass is 16.1. The molecule has 1 heterocycles. The second-order valence-corrected chi connectivity index (χ2v) is 6.48. The van der Waals surface area contributed by atoms with Gasteiger partial charge in [-0.05, 0) is 40.8 Å². The van der Waals surface area contributed by atoms with E-state index in [-0.39, 0.29) is 5.91 Å². The quantitative estimate of drug-likeness (QED) is 0.590. The van der Waals surface area contributed by atoms with Gasteiger partial charge in [0.1, 0.15) is 5.82 Å². The number of carbonyl (C=O) groups excluding carboxylic acids is 2. The van der Waals surface area contributed by atoms with Crippen LogP contribution in [0, 0.1) is 0 Å². The Morgan fingerprint density at radius 3 is 2.39 bits per heavy atom. The van der Waals surface area contributed by atoms with Crippen LogP contribution >= 0.6 is 0 Å². The van der Waals surface area contributed by atoms with E-state index in [1.807, 2.05) is 48.5 Å². The van der Waals surface area contributed by atoms with Crippen LogP contribution in [0.4, 0.5) is 5.82 Å². The van der Waals surface area contributed by atoms with Gasteiger partial charge >= 0.3 is 0 Å². The summed E-state index contributed by atoms with van der Waals surface area (Å²) >= 11 is 0. The molecular formula is C22H22N4O2. The maximum atomic E-state index is 12.1. The largest absolute Gasteiger partial charge is 0.384 e. The number of primary amides is 1. The third-order valence-corrected chi connectivity index (χ3v) is 4.41. The van der Waals surface area contributed by atoms with E-state index in [0.29, 0.717) is 30.8 Å². The minimum absolute atomic E-state index is 0.0791. The molecular weight excluding hydrogens is 352 g/mol. The summed E-state index contributed by atoms with van der Waals surface area (Å²) in [6.45, 7) is 0.394. The van der Waals surface area contributed by atoms with Gasteiger partial charge in [0.15, 0.2) is 0 Å². The molecule has 0 spiro atoms. The van der Waals surface area contributed by atoms with Crippen LogP contribution in [0.2, 0.25) is 0 Å². The Hall–Kier alpha value is -3.67. The highest BCUT2D eigenvalue weighted by Gasteiger charge is 2.12. The highest BCUT2D eigenvalue weighted by Crippen LogP contribution is 2.25. The van der Waals surface area contributed by atoms with Crippen molar-refractivity contribution in [3.63, 3.8) is 0 Å². The van der Waals surface area contributed by atoms with Crippen molar-refractivity contribution in [2.24, 2.45) is 5.73 Å². The van der Waals surface area contributed by atoms with E-state index in [2.05, 4.69) is 10.3 Å². The molecule has 0 atom stereocenters. The molecule has 3 rings (SSSR count). The molecule has 0 radical (unpaired) electrons. The maximum absolute atomic E-state index is 12.1. The van der Waals surface area contributed by atoms with Gasteiger partial charge in [0, 0.05) is 24.7 Å².